The number of nitrogens with zero attached hydrogens (tertiary/aromatic N) is 1. The predicted octanol–water partition coefficient (Wildman–Crippen LogP) is 5.34. The summed E-state index contributed by atoms with van der Waals surface area (Å²) >= 11 is 0. The number of hydrogen-bond acceptors (Lipinski definition) is 3. The Morgan fingerprint density at radius 3 is 2.17 bits per heavy atom. The Labute approximate surface area is 210 Å². The number of carbonyl (C=O) groups excluding carboxylic acids is 1. The minimum Gasteiger partial charge on any atom is -0.341 e. The number of amides is 1. The summed E-state index contributed by atoms with van der Waals surface area (Å²) in [5.41, 5.74) is 3.69. The van der Waals surface area contributed by atoms with E-state index in [9.17, 15) is 13.2 Å². The summed E-state index contributed by atoms with van der Waals surface area (Å²) in [5.74, 6) is -0.420. The zero-order chi connectivity index (χ0) is 25.1. The van der Waals surface area contributed by atoms with Gasteiger partial charge in [-0.25, -0.2) is 8.42 Å². The van der Waals surface area contributed by atoms with Crippen LogP contribution in [-0.2, 0) is 27.8 Å². The molecule has 0 saturated carbocycles. The van der Waals surface area contributed by atoms with Crippen molar-refractivity contribution in [2.45, 2.75) is 30.8 Å². The lowest BCUT2D eigenvalue weighted by atomic mass is 10.1. The van der Waals surface area contributed by atoms with E-state index in [0.717, 1.165) is 33.9 Å². The van der Waals surface area contributed by atoms with Crippen molar-refractivity contribution in [2.75, 3.05) is 5.32 Å². The van der Waals surface area contributed by atoms with Gasteiger partial charge in [-0.2, -0.15) is 4.72 Å². The number of carbonyl (C=O) groups is 1. The molecule has 6 nitrogen and oxygen atoms in total. The van der Waals surface area contributed by atoms with Gasteiger partial charge in [0.1, 0.15) is 6.04 Å². The first-order valence-corrected chi connectivity index (χ1v) is 13.4. The minimum atomic E-state index is -3.89. The van der Waals surface area contributed by atoms with Crippen LogP contribution < -0.4 is 10.0 Å². The van der Waals surface area contributed by atoms with Gasteiger partial charge in [0, 0.05) is 34.0 Å². The molecule has 0 bridgehead atoms. The van der Waals surface area contributed by atoms with Crippen LogP contribution in [0.15, 0.2) is 108 Å². The molecule has 0 fully saturated rings. The fourth-order valence-corrected chi connectivity index (χ4v) is 5.81. The number of benzene rings is 4. The first-order chi connectivity index (χ1) is 17.5. The van der Waals surface area contributed by atoms with Crippen LogP contribution in [0.2, 0.25) is 0 Å². The van der Waals surface area contributed by atoms with E-state index in [1.807, 2.05) is 60.7 Å². The monoisotopic (exact) mass is 497 g/mol. The second-order valence-electron chi connectivity index (χ2n) is 8.66. The number of para-hydroxylation sites is 1. The zero-order valence-corrected chi connectivity index (χ0v) is 20.7. The molecule has 0 aliphatic carbocycles. The van der Waals surface area contributed by atoms with Crippen molar-refractivity contribution < 1.29 is 13.2 Å². The fraction of sp³-hybridized carbons (Fsp3) is 0.138. The Morgan fingerprint density at radius 2 is 1.44 bits per heavy atom. The molecule has 2 N–H and O–H groups in total. The highest BCUT2D eigenvalue weighted by Crippen LogP contribution is 2.31. The van der Waals surface area contributed by atoms with Gasteiger partial charge in [-0.1, -0.05) is 66.7 Å². The standard InChI is InChI=1S/C29H27N3O3S/c1-2-32-27-16-10-9-15-24(27)25-20-22(17-18-28(25)32)30-29(33)26(19-21-11-5-3-6-12-21)31-36(34,35)23-13-7-4-8-14-23/h3-18,20,26,31H,2,19H2,1H3,(H,30,33)/t26-/m0/s1. The van der Waals surface area contributed by atoms with E-state index < -0.39 is 22.0 Å². The van der Waals surface area contributed by atoms with E-state index >= 15 is 0 Å². The van der Waals surface area contributed by atoms with Crippen molar-refractivity contribution in [1.82, 2.24) is 9.29 Å². The van der Waals surface area contributed by atoms with Crippen LogP contribution in [0.25, 0.3) is 21.8 Å². The number of fused-ring (bicyclic) bond motifs is 3. The summed E-state index contributed by atoms with van der Waals surface area (Å²) in [6.45, 7) is 2.94. The lowest BCUT2D eigenvalue weighted by Gasteiger charge is -2.19. The van der Waals surface area contributed by atoms with Crippen molar-refractivity contribution in [1.29, 1.82) is 0 Å². The third-order valence-electron chi connectivity index (χ3n) is 6.31. The quantitative estimate of drug-likeness (QED) is 0.304. The van der Waals surface area contributed by atoms with Gasteiger partial charge in [0.2, 0.25) is 15.9 Å². The van der Waals surface area contributed by atoms with Gasteiger partial charge in [0.15, 0.2) is 0 Å². The first-order valence-electron chi connectivity index (χ1n) is 11.9. The molecule has 0 aliphatic rings. The van der Waals surface area contributed by atoms with Crippen molar-refractivity contribution in [2.24, 2.45) is 0 Å². The van der Waals surface area contributed by atoms with Crippen LogP contribution in [-0.4, -0.2) is 24.9 Å². The molecular formula is C29H27N3O3S. The number of aromatic nitrogens is 1. The van der Waals surface area contributed by atoms with E-state index in [2.05, 4.69) is 33.7 Å². The van der Waals surface area contributed by atoms with E-state index in [0.29, 0.717) is 5.69 Å². The normalized spacial score (nSPS) is 12.6. The van der Waals surface area contributed by atoms with E-state index in [4.69, 9.17) is 0 Å². The number of hydrogen-bond donors (Lipinski definition) is 2. The summed E-state index contributed by atoms with van der Waals surface area (Å²) in [6.07, 6.45) is 0.218. The maximum absolute atomic E-state index is 13.4. The summed E-state index contributed by atoms with van der Waals surface area (Å²) in [7, 11) is -3.89. The maximum Gasteiger partial charge on any atom is 0.242 e. The molecule has 5 rings (SSSR count). The zero-order valence-electron chi connectivity index (χ0n) is 19.9. The Balaban J connectivity index is 1.47. The molecule has 0 unspecified atom stereocenters. The third kappa shape index (κ3) is 4.76. The topological polar surface area (TPSA) is 80.2 Å². The van der Waals surface area contributed by atoms with Crippen LogP contribution >= 0.6 is 0 Å². The largest absolute Gasteiger partial charge is 0.341 e. The fourth-order valence-electron chi connectivity index (χ4n) is 4.59. The molecule has 5 aromatic rings. The lowest BCUT2D eigenvalue weighted by molar-refractivity contribution is -0.117. The number of nitrogens with one attached hydrogen (secondary N) is 2. The van der Waals surface area contributed by atoms with Crippen LogP contribution in [0.5, 0.6) is 0 Å². The molecular weight excluding hydrogens is 470 g/mol. The lowest BCUT2D eigenvalue weighted by Crippen LogP contribution is -2.45. The molecule has 36 heavy (non-hydrogen) atoms. The van der Waals surface area contributed by atoms with Crippen LogP contribution in [0.3, 0.4) is 0 Å². The molecule has 1 heterocycles. The second kappa shape index (κ2) is 9.97. The third-order valence-corrected chi connectivity index (χ3v) is 7.79. The van der Waals surface area contributed by atoms with Crippen LogP contribution in [0, 0.1) is 0 Å². The molecule has 0 radical (unpaired) electrons. The average Bonchev–Trinajstić information content (AvgIpc) is 3.22. The second-order valence-corrected chi connectivity index (χ2v) is 10.4. The SMILES string of the molecule is CCn1c2ccccc2c2cc(NC(=O)[C@H](Cc3ccccc3)NS(=O)(=O)c3ccccc3)ccc21. The number of aryl methyl sites for hydroxylation is 1. The minimum absolute atomic E-state index is 0.115. The maximum atomic E-state index is 13.4. The van der Waals surface area contributed by atoms with Gasteiger partial charge in [-0.15, -0.1) is 0 Å². The number of anilines is 1. The van der Waals surface area contributed by atoms with Crippen molar-refractivity contribution in [3.63, 3.8) is 0 Å². The summed E-state index contributed by atoms with van der Waals surface area (Å²) in [6, 6.07) is 30.4. The summed E-state index contributed by atoms with van der Waals surface area (Å²) in [4.78, 5) is 13.6. The average molecular weight is 498 g/mol. The van der Waals surface area contributed by atoms with Gasteiger partial charge in [0.05, 0.1) is 4.90 Å². The molecule has 1 atom stereocenters. The van der Waals surface area contributed by atoms with Crippen molar-refractivity contribution in [3.8, 4) is 0 Å². The van der Waals surface area contributed by atoms with E-state index in [1.165, 1.54) is 12.1 Å². The molecule has 4 aromatic carbocycles. The Hall–Kier alpha value is -3.94. The molecule has 0 spiro atoms. The summed E-state index contributed by atoms with van der Waals surface area (Å²) < 4.78 is 31.0. The molecule has 0 saturated heterocycles. The van der Waals surface area contributed by atoms with Crippen LogP contribution in [0.1, 0.15) is 12.5 Å². The van der Waals surface area contributed by atoms with Gasteiger partial charge < -0.3 is 9.88 Å². The number of rotatable bonds is 8. The van der Waals surface area contributed by atoms with Gasteiger partial charge in [0.25, 0.3) is 0 Å². The summed E-state index contributed by atoms with van der Waals surface area (Å²) in [5, 5.41) is 5.09. The predicted molar refractivity (Wildman–Crippen MR) is 144 cm³/mol. The molecule has 1 amide bonds. The molecule has 1 aromatic heterocycles. The Kier molecular flexibility index (Phi) is 6.59. The van der Waals surface area contributed by atoms with E-state index in [1.54, 1.807) is 18.2 Å². The highest BCUT2D eigenvalue weighted by molar-refractivity contribution is 7.89. The highest BCUT2D eigenvalue weighted by Gasteiger charge is 2.26. The van der Waals surface area contributed by atoms with Crippen molar-refractivity contribution >= 4 is 43.4 Å². The van der Waals surface area contributed by atoms with Crippen LogP contribution in [0.4, 0.5) is 5.69 Å². The van der Waals surface area contributed by atoms with Crippen molar-refractivity contribution in [3.05, 3.63) is 109 Å². The van der Waals surface area contributed by atoms with Gasteiger partial charge >= 0.3 is 0 Å². The molecule has 182 valence electrons. The Bertz CT molecular complexity index is 1630. The first kappa shape index (κ1) is 23.8. The van der Waals surface area contributed by atoms with Gasteiger partial charge in [-0.3, -0.25) is 4.79 Å². The van der Waals surface area contributed by atoms with E-state index in [-0.39, 0.29) is 11.3 Å². The molecule has 0 aliphatic heterocycles. The Morgan fingerprint density at radius 1 is 0.806 bits per heavy atom. The van der Waals surface area contributed by atoms with Gasteiger partial charge in [-0.05, 0) is 55.3 Å². The highest BCUT2D eigenvalue weighted by atomic mass is 32.2. The molecule has 7 heteroatoms. The smallest absolute Gasteiger partial charge is 0.242 e. The number of sulfonamides is 1.